The molecule has 110 valence electrons. The molecule has 0 spiro atoms. The maximum absolute atomic E-state index is 12.0. The minimum absolute atomic E-state index is 0.0878. The fourth-order valence-corrected chi connectivity index (χ4v) is 2.42. The molecule has 0 aromatic heterocycles. The summed E-state index contributed by atoms with van der Waals surface area (Å²) in [4.78, 5) is 24.4. The highest BCUT2D eigenvalue weighted by Crippen LogP contribution is 2.23. The predicted molar refractivity (Wildman–Crippen MR) is 73.2 cm³/mol. The van der Waals surface area contributed by atoms with E-state index in [-0.39, 0.29) is 18.6 Å². The van der Waals surface area contributed by atoms with Gasteiger partial charge in [-0.25, -0.2) is 4.79 Å². The van der Waals surface area contributed by atoms with Crippen LogP contribution in [-0.2, 0) is 4.79 Å². The van der Waals surface area contributed by atoms with Gasteiger partial charge in [0.05, 0.1) is 0 Å². The molecule has 0 heterocycles. The average Bonchev–Trinajstić information content (AvgIpc) is 2.89. The Morgan fingerprint density at radius 3 is 2.53 bits per heavy atom. The van der Waals surface area contributed by atoms with E-state index in [1.165, 1.54) is 4.90 Å². The van der Waals surface area contributed by atoms with Crippen LogP contribution in [0.1, 0.15) is 39.0 Å². The van der Waals surface area contributed by atoms with Crippen LogP contribution in [0.15, 0.2) is 0 Å². The van der Waals surface area contributed by atoms with Crippen molar-refractivity contribution in [2.75, 3.05) is 26.2 Å². The normalized spacial score (nSPS) is 15.4. The van der Waals surface area contributed by atoms with Crippen molar-refractivity contribution >= 4 is 12.0 Å². The van der Waals surface area contributed by atoms with Crippen LogP contribution in [0, 0.1) is 0 Å². The Morgan fingerprint density at radius 2 is 1.95 bits per heavy atom. The third kappa shape index (κ3) is 5.92. The van der Waals surface area contributed by atoms with E-state index in [1.807, 2.05) is 6.92 Å². The minimum atomic E-state index is -0.949. The molecule has 0 saturated heterocycles. The van der Waals surface area contributed by atoms with Gasteiger partial charge in [-0.3, -0.25) is 4.79 Å². The lowest BCUT2D eigenvalue weighted by atomic mass is 10.2. The zero-order valence-corrected chi connectivity index (χ0v) is 11.7. The van der Waals surface area contributed by atoms with Crippen LogP contribution in [0.2, 0.25) is 0 Å². The molecular weight excluding hydrogens is 246 g/mol. The molecule has 1 aliphatic carbocycles. The van der Waals surface area contributed by atoms with Crippen LogP contribution < -0.4 is 10.6 Å². The number of hydrogen-bond donors (Lipinski definition) is 3. The molecular formula is C13H25N3O3. The van der Waals surface area contributed by atoms with Crippen molar-refractivity contribution < 1.29 is 14.7 Å². The molecule has 0 bridgehead atoms. The second-order valence-corrected chi connectivity index (χ2v) is 4.90. The van der Waals surface area contributed by atoms with E-state index >= 15 is 0 Å². The summed E-state index contributed by atoms with van der Waals surface area (Å²) in [6.45, 7) is 4.19. The molecule has 6 heteroatoms. The monoisotopic (exact) mass is 271 g/mol. The lowest BCUT2D eigenvalue weighted by Gasteiger charge is -2.27. The van der Waals surface area contributed by atoms with E-state index in [1.54, 1.807) is 0 Å². The highest BCUT2D eigenvalue weighted by atomic mass is 16.4. The summed E-state index contributed by atoms with van der Waals surface area (Å²) in [6.07, 6.45) is 4.84. The molecule has 0 aliphatic heterocycles. The first-order chi connectivity index (χ1) is 9.15. The van der Waals surface area contributed by atoms with E-state index in [0.29, 0.717) is 6.54 Å². The first-order valence-electron chi connectivity index (χ1n) is 7.12. The summed E-state index contributed by atoms with van der Waals surface area (Å²) in [5, 5.41) is 14.9. The van der Waals surface area contributed by atoms with Crippen molar-refractivity contribution in [1.82, 2.24) is 15.5 Å². The molecule has 19 heavy (non-hydrogen) atoms. The smallest absolute Gasteiger partial charge is 0.323 e. The SMILES string of the molecule is CCNCCCNC(=O)N(CC(=O)O)C1CCCC1. The number of aliphatic carboxylic acids is 1. The van der Waals surface area contributed by atoms with Gasteiger partial charge in [0, 0.05) is 12.6 Å². The standard InChI is InChI=1S/C13H25N3O3/c1-2-14-8-5-9-15-13(19)16(10-12(17)18)11-6-3-4-7-11/h11,14H,2-10H2,1H3,(H,15,19)(H,17,18). The van der Waals surface area contributed by atoms with Gasteiger partial charge in [-0.2, -0.15) is 0 Å². The third-order valence-electron chi connectivity index (χ3n) is 3.39. The molecule has 0 unspecified atom stereocenters. The molecule has 0 aromatic carbocycles. The molecule has 0 atom stereocenters. The number of carbonyl (C=O) groups excluding carboxylic acids is 1. The summed E-state index contributed by atoms with van der Waals surface area (Å²) in [5.41, 5.74) is 0. The fraction of sp³-hybridized carbons (Fsp3) is 0.846. The largest absolute Gasteiger partial charge is 0.480 e. The third-order valence-corrected chi connectivity index (χ3v) is 3.39. The van der Waals surface area contributed by atoms with Gasteiger partial charge in [-0.05, 0) is 32.4 Å². The Bertz CT molecular complexity index is 291. The van der Waals surface area contributed by atoms with E-state index in [4.69, 9.17) is 5.11 Å². The first-order valence-corrected chi connectivity index (χ1v) is 7.12. The number of nitrogens with one attached hydrogen (secondary N) is 2. The van der Waals surface area contributed by atoms with Crippen LogP contribution in [0.4, 0.5) is 4.79 Å². The van der Waals surface area contributed by atoms with Crippen LogP contribution in [0.5, 0.6) is 0 Å². The van der Waals surface area contributed by atoms with Gasteiger partial charge in [-0.15, -0.1) is 0 Å². The Kier molecular flexibility index (Phi) is 7.25. The number of urea groups is 1. The molecule has 2 amide bonds. The summed E-state index contributed by atoms with van der Waals surface area (Å²) in [7, 11) is 0. The van der Waals surface area contributed by atoms with Gasteiger partial charge >= 0.3 is 12.0 Å². The van der Waals surface area contributed by atoms with Crippen LogP contribution in [0.25, 0.3) is 0 Å². The summed E-state index contributed by atoms with van der Waals surface area (Å²) in [5.74, 6) is -0.949. The highest BCUT2D eigenvalue weighted by Gasteiger charge is 2.27. The first kappa shape index (κ1) is 15.8. The van der Waals surface area contributed by atoms with Crippen LogP contribution in [-0.4, -0.2) is 54.2 Å². The van der Waals surface area contributed by atoms with Crippen molar-refractivity contribution in [3.63, 3.8) is 0 Å². The molecule has 1 saturated carbocycles. The maximum Gasteiger partial charge on any atom is 0.323 e. The number of hydrogen-bond acceptors (Lipinski definition) is 3. The minimum Gasteiger partial charge on any atom is -0.480 e. The van der Waals surface area contributed by atoms with E-state index < -0.39 is 5.97 Å². The van der Waals surface area contributed by atoms with Gasteiger partial charge in [-0.1, -0.05) is 19.8 Å². The van der Waals surface area contributed by atoms with E-state index in [9.17, 15) is 9.59 Å². The molecule has 0 aromatic rings. The second-order valence-electron chi connectivity index (χ2n) is 4.90. The van der Waals surface area contributed by atoms with Gasteiger partial charge in [0.15, 0.2) is 0 Å². The lowest BCUT2D eigenvalue weighted by molar-refractivity contribution is -0.138. The molecule has 1 fully saturated rings. The quantitative estimate of drug-likeness (QED) is 0.576. The molecule has 0 radical (unpaired) electrons. The second kappa shape index (κ2) is 8.74. The molecule has 6 nitrogen and oxygen atoms in total. The Hall–Kier alpha value is -1.30. The average molecular weight is 271 g/mol. The van der Waals surface area contributed by atoms with Gasteiger partial charge in [0.1, 0.15) is 6.54 Å². The number of amides is 2. The zero-order valence-electron chi connectivity index (χ0n) is 11.7. The summed E-state index contributed by atoms with van der Waals surface area (Å²) in [6, 6.07) is -0.157. The Labute approximate surface area is 114 Å². The number of rotatable bonds is 8. The predicted octanol–water partition coefficient (Wildman–Crippen LogP) is 1.02. The van der Waals surface area contributed by atoms with Crippen molar-refractivity contribution in [3.8, 4) is 0 Å². The topological polar surface area (TPSA) is 81.7 Å². The van der Waals surface area contributed by atoms with Crippen LogP contribution in [0.3, 0.4) is 0 Å². The number of carboxylic acid groups (broad SMARTS) is 1. The number of nitrogens with zero attached hydrogens (tertiary/aromatic N) is 1. The highest BCUT2D eigenvalue weighted by molar-refractivity contribution is 5.80. The van der Waals surface area contributed by atoms with Gasteiger partial charge in [0.25, 0.3) is 0 Å². The zero-order chi connectivity index (χ0) is 14.1. The van der Waals surface area contributed by atoms with Gasteiger partial charge in [0.2, 0.25) is 0 Å². The summed E-state index contributed by atoms with van der Waals surface area (Å²) >= 11 is 0. The Balaban J connectivity index is 2.35. The fourth-order valence-electron chi connectivity index (χ4n) is 2.42. The molecule has 1 rings (SSSR count). The van der Waals surface area contributed by atoms with Crippen molar-refractivity contribution in [2.45, 2.75) is 45.1 Å². The number of carboxylic acids is 1. The van der Waals surface area contributed by atoms with Gasteiger partial charge < -0.3 is 20.6 Å². The Morgan fingerprint density at radius 1 is 1.26 bits per heavy atom. The van der Waals surface area contributed by atoms with Crippen molar-refractivity contribution in [2.24, 2.45) is 0 Å². The van der Waals surface area contributed by atoms with Crippen molar-refractivity contribution in [1.29, 1.82) is 0 Å². The van der Waals surface area contributed by atoms with E-state index in [2.05, 4.69) is 10.6 Å². The number of carbonyl (C=O) groups is 2. The summed E-state index contributed by atoms with van der Waals surface area (Å²) < 4.78 is 0. The van der Waals surface area contributed by atoms with Crippen LogP contribution >= 0.6 is 0 Å². The molecule has 1 aliphatic rings. The molecule has 3 N–H and O–H groups in total. The van der Waals surface area contributed by atoms with E-state index in [0.717, 1.165) is 45.2 Å². The maximum atomic E-state index is 12.0. The van der Waals surface area contributed by atoms with Crippen molar-refractivity contribution in [3.05, 3.63) is 0 Å². The lowest BCUT2D eigenvalue weighted by Crippen LogP contribution is -2.48.